The van der Waals surface area contributed by atoms with Crippen LogP contribution in [0.5, 0.6) is 0 Å². The zero-order chi connectivity index (χ0) is 22.4. The zero-order valence-corrected chi connectivity index (χ0v) is 17.7. The number of methoxy groups -OCH3 is 1. The summed E-state index contributed by atoms with van der Waals surface area (Å²) in [7, 11) is 1.33. The van der Waals surface area contributed by atoms with E-state index >= 15 is 0 Å². The van der Waals surface area contributed by atoms with Crippen molar-refractivity contribution in [2.24, 2.45) is 5.92 Å². The summed E-state index contributed by atoms with van der Waals surface area (Å²) in [5, 5.41) is 14.3. The molecule has 8 heteroatoms. The van der Waals surface area contributed by atoms with Gasteiger partial charge in [-0.15, -0.1) is 0 Å². The third-order valence-corrected chi connectivity index (χ3v) is 5.68. The van der Waals surface area contributed by atoms with E-state index in [4.69, 9.17) is 4.74 Å². The molecule has 0 aliphatic carbocycles. The lowest BCUT2D eigenvalue weighted by Gasteiger charge is -2.33. The molecule has 164 valence electrons. The molecule has 3 rings (SSSR count). The van der Waals surface area contributed by atoms with E-state index in [1.54, 1.807) is 18.2 Å². The molecule has 8 nitrogen and oxygen atoms in total. The number of carbonyl (C=O) groups is 2. The van der Waals surface area contributed by atoms with Crippen molar-refractivity contribution in [1.82, 2.24) is 5.32 Å². The van der Waals surface area contributed by atoms with Crippen LogP contribution in [0.2, 0.25) is 0 Å². The van der Waals surface area contributed by atoms with Crippen molar-refractivity contribution in [3.05, 3.63) is 69.8 Å². The second-order valence-corrected chi connectivity index (χ2v) is 7.76. The zero-order valence-electron chi connectivity index (χ0n) is 17.7. The Hall–Kier alpha value is -3.42. The summed E-state index contributed by atoms with van der Waals surface area (Å²) < 4.78 is 4.79. The maximum atomic E-state index is 12.9. The average molecular weight is 425 g/mol. The number of para-hydroxylation sites is 2. The number of piperidine rings is 1. The van der Waals surface area contributed by atoms with Crippen LogP contribution in [0.15, 0.2) is 48.5 Å². The molecule has 0 bridgehead atoms. The van der Waals surface area contributed by atoms with Crippen LogP contribution in [0.1, 0.15) is 36.4 Å². The molecule has 1 fully saturated rings. The van der Waals surface area contributed by atoms with Crippen molar-refractivity contribution in [3.63, 3.8) is 0 Å². The molecule has 1 aliphatic heterocycles. The van der Waals surface area contributed by atoms with E-state index in [9.17, 15) is 19.7 Å². The van der Waals surface area contributed by atoms with E-state index in [-0.39, 0.29) is 28.9 Å². The van der Waals surface area contributed by atoms with Gasteiger partial charge in [-0.1, -0.05) is 42.0 Å². The van der Waals surface area contributed by atoms with Gasteiger partial charge in [0.05, 0.1) is 24.5 Å². The van der Waals surface area contributed by atoms with E-state index in [2.05, 4.69) is 5.32 Å². The lowest BCUT2D eigenvalue weighted by Crippen LogP contribution is -2.42. The highest BCUT2D eigenvalue weighted by atomic mass is 16.6. The second kappa shape index (κ2) is 10.1. The van der Waals surface area contributed by atoms with Crippen molar-refractivity contribution in [3.8, 4) is 0 Å². The van der Waals surface area contributed by atoms with Crippen molar-refractivity contribution in [2.45, 2.75) is 32.2 Å². The Morgan fingerprint density at radius 2 is 1.81 bits per heavy atom. The molecule has 1 atom stereocenters. The first kappa shape index (κ1) is 22.3. The number of esters is 1. The number of nitrogens with one attached hydrogen (secondary N) is 1. The summed E-state index contributed by atoms with van der Waals surface area (Å²) in [6.07, 6.45) is 1.22. The fourth-order valence-electron chi connectivity index (χ4n) is 3.86. The maximum absolute atomic E-state index is 12.9. The Morgan fingerprint density at radius 1 is 1.16 bits per heavy atom. The number of benzene rings is 2. The summed E-state index contributed by atoms with van der Waals surface area (Å²) >= 11 is 0. The number of anilines is 1. The van der Waals surface area contributed by atoms with Crippen molar-refractivity contribution >= 4 is 23.3 Å². The molecule has 0 spiro atoms. The third kappa shape index (κ3) is 5.59. The van der Waals surface area contributed by atoms with Gasteiger partial charge in [-0.3, -0.25) is 19.7 Å². The number of nitro benzene ring substituents is 1. The predicted molar refractivity (Wildman–Crippen MR) is 117 cm³/mol. The first-order chi connectivity index (χ1) is 14.9. The molecule has 2 aromatic rings. The number of rotatable bonds is 7. The van der Waals surface area contributed by atoms with Crippen LogP contribution in [0, 0.1) is 23.0 Å². The number of aryl methyl sites for hydroxylation is 1. The van der Waals surface area contributed by atoms with Gasteiger partial charge in [-0.05, 0) is 31.4 Å². The van der Waals surface area contributed by atoms with Gasteiger partial charge in [0, 0.05) is 25.1 Å². The van der Waals surface area contributed by atoms with Gasteiger partial charge >= 0.3 is 5.97 Å². The first-order valence-electron chi connectivity index (χ1n) is 10.3. The fraction of sp³-hybridized carbons (Fsp3) is 0.391. The lowest BCUT2D eigenvalue weighted by atomic mass is 9.94. The highest BCUT2D eigenvalue weighted by molar-refractivity contribution is 5.80. The minimum Gasteiger partial charge on any atom is -0.469 e. The lowest BCUT2D eigenvalue weighted by molar-refractivity contribution is -0.384. The number of amides is 1. The molecule has 2 aromatic carbocycles. The van der Waals surface area contributed by atoms with Gasteiger partial charge in [0.2, 0.25) is 5.91 Å². The van der Waals surface area contributed by atoms with E-state index in [0.717, 1.165) is 11.1 Å². The monoisotopic (exact) mass is 425 g/mol. The van der Waals surface area contributed by atoms with Crippen LogP contribution < -0.4 is 10.2 Å². The molecule has 0 unspecified atom stereocenters. The van der Waals surface area contributed by atoms with E-state index in [0.29, 0.717) is 31.6 Å². The van der Waals surface area contributed by atoms with Crippen LogP contribution in [-0.2, 0) is 14.3 Å². The molecular formula is C23H27N3O5. The number of carbonyl (C=O) groups excluding carboxylic acids is 2. The highest BCUT2D eigenvalue weighted by Gasteiger charge is 2.30. The standard InChI is InChI=1S/C23H27N3O5/c1-16-7-9-17(10-8-16)19(15-22(27)31-2)24-23(28)18-11-13-25(14-12-18)20-5-3-4-6-21(20)26(29)30/h3-10,18-19H,11-15H2,1-2H3,(H,24,28)/t19-/m0/s1. The fourth-order valence-corrected chi connectivity index (χ4v) is 3.86. The van der Waals surface area contributed by atoms with Gasteiger partial charge in [0.25, 0.3) is 5.69 Å². The van der Waals surface area contributed by atoms with Gasteiger partial charge in [-0.25, -0.2) is 0 Å². The summed E-state index contributed by atoms with van der Waals surface area (Å²) in [6, 6.07) is 13.9. The largest absolute Gasteiger partial charge is 0.469 e. The molecular weight excluding hydrogens is 398 g/mol. The summed E-state index contributed by atoms with van der Waals surface area (Å²) in [6.45, 7) is 3.08. The molecule has 0 aromatic heterocycles. The number of hydrogen-bond donors (Lipinski definition) is 1. The smallest absolute Gasteiger partial charge is 0.307 e. The molecule has 0 radical (unpaired) electrons. The Bertz CT molecular complexity index is 936. The minimum absolute atomic E-state index is 0.0559. The summed E-state index contributed by atoms with van der Waals surface area (Å²) in [5.41, 5.74) is 2.59. The number of hydrogen-bond acceptors (Lipinski definition) is 6. The van der Waals surface area contributed by atoms with E-state index in [1.807, 2.05) is 36.1 Å². The van der Waals surface area contributed by atoms with Crippen molar-refractivity contribution in [1.29, 1.82) is 0 Å². The van der Waals surface area contributed by atoms with Crippen LogP contribution in [0.4, 0.5) is 11.4 Å². The molecule has 31 heavy (non-hydrogen) atoms. The van der Waals surface area contributed by atoms with E-state index in [1.165, 1.54) is 13.2 Å². The first-order valence-corrected chi connectivity index (χ1v) is 10.3. The summed E-state index contributed by atoms with van der Waals surface area (Å²) in [4.78, 5) is 37.7. The Labute approximate surface area is 181 Å². The normalized spacial score (nSPS) is 15.2. The molecule has 1 heterocycles. The molecule has 1 N–H and O–H groups in total. The molecule has 1 amide bonds. The number of nitrogens with zero attached hydrogens (tertiary/aromatic N) is 2. The molecule has 0 saturated carbocycles. The van der Waals surface area contributed by atoms with Crippen LogP contribution in [0.3, 0.4) is 0 Å². The highest BCUT2D eigenvalue weighted by Crippen LogP contribution is 2.31. The van der Waals surface area contributed by atoms with Gasteiger partial charge < -0.3 is 15.0 Å². The number of nitro groups is 1. The SMILES string of the molecule is COC(=O)C[C@H](NC(=O)C1CCN(c2ccccc2[N+](=O)[O-])CC1)c1ccc(C)cc1. The van der Waals surface area contributed by atoms with Crippen LogP contribution in [0.25, 0.3) is 0 Å². The predicted octanol–water partition coefficient (Wildman–Crippen LogP) is 3.54. The van der Waals surface area contributed by atoms with Gasteiger partial charge in [0.15, 0.2) is 0 Å². The third-order valence-electron chi connectivity index (χ3n) is 5.68. The maximum Gasteiger partial charge on any atom is 0.307 e. The van der Waals surface area contributed by atoms with Crippen molar-refractivity contribution in [2.75, 3.05) is 25.1 Å². The quantitative estimate of drug-likeness (QED) is 0.414. The van der Waals surface area contributed by atoms with Crippen LogP contribution >= 0.6 is 0 Å². The van der Waals surface area contributed by atoms with Gasteiger partial charge in [-0.2, -0.15) is 0 Å². The second-order valence-electron chi connectivity index (χ2n) is 7.76. The van der Waals surface area contributed by atoms with Gasteiger partial charge in [0.1, 0.15) is 5.69 Å². The number of ether oxygens (including phenoxy) is 1. The summed E-state index contributed by atoms with van der Waals surface area (Å²) in [5.74, 6) is -0.724. The minimum atomic E-state index is -0.464. The Kier molecular flexibility index (Phi) is 7.23. The van der Waals surface area contributed by atoms with Crippen molar-refractivity contribution < 1.29 is 19.2 Å². The molecule has 1 saturated heterocycles. The van der Waals surface area contributed by atoms with Crippen LogP contribution in [-0.4, -0.2) is 37.0 Å². The average Bonchev–Trinajstić information content (AvgIpc) is 2.79. The Morgan fingerprint density at radius 3 is 2.42 bits per heavy atom. The topological polar surface area (TPSA) is 102 Å². The molecule has 1 aliphatic rings. The Balaban J connectivity index is 1.65. The van der Waals surface area contributed by atoms with E-state index < -0.39 is 12.0 Å².